The van der Waals surface area contributed by atoms with Gasteiger partial charge in [0.2, 0.25) is 0 Å². The second kappa shape index (κ2) is 3.35. The fraction of sp³-hybridized carbons (Fsp3) is 0.125. The molecule has 0 saturated heterocycles. The fourth-order valence-corrected chi connectivity index (χ4v) is 1.46. The molecule has 5 heteroatoms. The van der Waals surface area contributed by atoms with E-state index in [4.69, 9.17) is 5.73 Å². The number of imidazole rings is 1. The third-order valence-electron chi connectivity index (χ3n) is 1.82. The monoisotopic (exact) mass is 240 g/mol. The van der Waals surface area contributed by atoms with Crippen molar-refractivity contribution in [3.05, 3.63) is 40.6 Å². The molecule has 0 aliphatic carbocycles. The molecule has 4 N–H and O–H groups in total. The normalized spacial score (nSPS) is 13.1. The quantitative estimate of drug-likeness (QED) is 0.746. The molecule has 0 aromatic carbocycles. The van der Waals surface area contributed by atoms with E-state index >= 15 is 0 Å². The van der Waals surface area contributed by atoms with Crippen LogP contribution in [0.4, 0.5) is 0 Å². The third kappa shape index (κ3) is 1.66. The van der Waals surface area contributed by atoms with E-state index in [0.717, 1.165) is 16.1 Å². The molecule has 0 amide bonds. The topological polar surface area (TPSA) is 70.5 Å². The van der Waals surface area contributed by atoms with Crippen LogP contribution in [0.25, 0.3) is 0 Å². The lowest BCUT2D eigenvalue weighted by molar-refractivity contribution is 0.776. The molecule has 68 valence electrons. The molecule has 1 unspecified atom stereocenters. The smallest absolute Gasteiger partial charge is 0.130 e. The maximum atomic E-state index is 5.93. The number of nitrogens with zero attached hydrogens (tertiary/aromatic N) is 1. The average Bonchev–Trinajstić information content (AvgIpc) is 2.72. The lowest BCUT2D eigenvalue weighted by Crippen LogP contribution is -2.13. The molecule has 0 aliphatic rings. The van der Waals surface area contributed by atoms with Crippen LogP contribution < -0.4 is 5.73 Å². The molecule has 0 radical (unpaired) electrons. The van der Waals surface area contributed by atoms with Gasteiger partial charge < -0.3 is 15.7 Å². The molecule has 0 aliphatic heterocycles. The van der Waals surface area contributed by atoms with Crippen molar-refractivity contribution in [2.45, 2.75) is 6.04 Å². The van der Waals surface area contributed by atoms with Gasteiger partial charge in [-0.05, 0) is 28.1 Å². The van der Waals surface area contributed by atoms with E-state index in [1.54, 1.807) is 6.20 Å². The Hall–Kier alpha value is -1.07. The molecule has 1 atom stereocenters. The molecular weight excluding hydrogens is 232 g/mol. The van der Waals surface area contributed by atoms with Crippen LogP contribution in [-0.4, -0.2) is 15.0 Å². The molecule has 2 heterocycles. The van der Waals surface area contributed by atoms with Crippen molar-refractivity contribution < 1.29 is 0 Å². The molecule has 13 heavy (non-hydrogen) atoms. The molecule has 0 bridgehead atoms. The van der Waals surface area contributed by atoms with Gasteiger partial charge in [-0.2, -0.15) is 0 Å². The van der Waals surface area contributed by atoms with Crippen LogP contribution in [0.1, 0.15) is 17.6 Å². The Kier molecular flexibility index (Phi) is 2.20. The summed E-state index contributed by atoms with van der Waals surface area (Å²) in [7, 11) is 0. The van der Waals surface area contributed by atoms with Gasteiger partial charge in [0.25, 0.3) is 0 Å². The first-order chi connectivity index (χ1) is 6.27. The van der Waals surface area contributed by atoms with E-state index in [0.29, 0.717) is 0 Å². The van der Waals surface area contributed by atoms with Crippen LogP contribution in [0.5, 0.6) is 0 Å². The second-order valence-corrected chi connectivity index (χ2v) is 3.57. The molecule has 0 spiro atoms. The summed E-state index contributed by atoms with van der Waals surface area (Å²) in [5, 5.41) is 0. The van der Waals surface area contributed by atoms with E-state index < -0.39 is 0 Å². The first-order valence-electron chi connectivity index (χ1n) is 3.86. The Bertz CT molecular complexity index is 379. The Morgan fingerprint density at radius 3 is 2.92 bits per heavy atom. The standard InChI is InChI=1S/C8H9BrN4/c9-6-4-12-8(13-6)7(10)5-2-1-3-11-5/h1-4,7,11H,10H2,(H,12,13). The van der Waals surface area contributed by atoms with Gasteiger partial charge in [0.1, 0.15) is 16.5 Å². The fourth-order valence-electron chi connectivity index (χ4n) is 1.16. The van der Waals surface area contributed by atoms with Crippen LogP contribution >= 0.6 is 15.9 Å². The zero-order valence-electron chi connectivity index (χ0n) is 6.79. The zero-order chi connectivity index (χ0) is 9.26. The lowest BCUT2D eigenvalue weighted by atomic mass is 10.2. The van der Waals surface area contributed by atoms with Crippen LogP contribution in [0.2, 0.25) is 0 Å². The van der Waals surface area contributed by atoms with Crippen LogP contribution in [-0.2, 0) is 0 Å². The number of hydrogen-bond donors (Lipinski definition) is 3. The van der Waals surface area contributed by atoms with Gasteiger partial charge >= 0.3 is 0 Å². The van der Waals surface area contributed by atoms with E-state index in [2.05, 4.69) is 30.9 Å². The zero-order valence-corrected chi connectivity index (χ0v) is 8.38. The summed E-state index contributed by atoms with van der Waals surface area (Å²) in [5.41, 5.74) is 6.87. The number of aromatic nitrogens is 3. The SMILES string of the molecule is NC(c1ccc[nH]1)c1ncc(Br)[nH]1. The first-order valence-corrected chi connectivity index (χ1v) is 4.66. The van der Waals surface area contributed by atoms with Gasteiger partial charge in [-0.15, -0.1) is 0 Å². The van der Waals surface area contributed by atoms with Crippen molar-refractivity contribution in [3.8, 4) is 0 Å². The molecule has 2 aromatic heterocycles. The summed E-state index contributed by atoms with van der Waals surface area (Å²) in [4.78, 5) is 10.2. The maximum absolute atomic E-state index is 5.93. The van der Waals surface area contributed by atoms with Crippen molar-refractivity contribution in [2.24, 2.45) is 5.73 Å². The Balaban J connectivity index is 2.28. The predicted molar refractivity (Wildman–Crippen MR) is 53.1 cm³/mol. The van der Waals surface area contributed by atoms with Crippen molar-refractivity contribution in [2.75, 3.05) is 0 Å². The summed E-state index contributed by atoms with van der Waals surface area (Å²) in [6.07, 6.45) is 3.53. The van der Waals surface area contributed by atoms with Crippen LogP contribution in [0.3, 0.4) is 0 Å². The summed E-state index contributed by atoms with van der Waals surface area (Å²) in [6.45, 7) is 0. The van der Waals surface area contributed by atoms with Gasteiger partial charge in [0.15, 0.2) is 0 Å². The molecule has 4 nitrogen and oxygen atoms in total. The van der Waals surface area contributed by atoms with Gasteiger partial charge in [0.05, 0.1) is 6.20 Å². The number of hydrogen-bond acceptors (Lipinski definition) is 2. The van der Waals surface area contributed by atoms with Crippen molar-refractivity contribution in [1.29, 1.82) is 0 Å². The summed E-state index contributed by atoms with van der Waals surface area (Å²) in [5.74, 6) is 0.745. The largest absolute Gasteiger partial charge is 0.363 e. The maximum Gasteiger partial charge on any atom is 0.130 e. The number of nitrogens with two attached hydrogens (primary N) is 1. The number of nitrogens with one attached hydrogen (secondary N) is 2. The van der Waals surface area contributed by atoms with Gasteiger partial charge in [-0.1, -0.05) is 0 Å². The third-order valence-corrected chi connectivity index (χ3v) is 2.22. The second-order valence-electron chi connectivity index (χ2n) is 2.72. The highest BCUT2D eigenvalue weighted by molar-refractivity contribution is 9.10. The highest BCUT2D eigenvalue weighted by atomic mass is 79.9. The number of halogens is 1. The molecule has 0 fully saturated rings. The highest BCUT2D eigenvalue weighted by Gasteiger charge is 2.12. The summed E-state index contributed by atoms with van der Waals surface area (Å²) in [6, 6.07) is 3.62. The van der Waals surface area contributed by atoms with Crippen molar-refractivity contribution >= 4 is 15.9 Å². The van der Waals surface area contributed by atoms with Crippen molar-refractivity contribution in [3.63, 3.8) is 0 Å². The predicted octanol–water partition coefficient (Wildman–Crippen LogP) is 1.55. The summed E-state index contributed by atoms with van der Waals surface area (Å²) >= 11 is 3.28. The van der Waals surface area contributed by atoms with E-state index in [1.807, 2.05) is 18.3 Å². The highest BCUT2D eigenvalue weighted by Crippen LogP contribution is 2.16. The molecule has 0 saturated carbocycles. The Morgan fingerprint density at radius 2 is 2.38 bits per heavy atom. The Labute approximate surface area is 83.7 Å². The Morgan fingerprint density at radius 1 is 1.54 bits per heavy atom. The minimum Gasteiger partial charge on any atom is -0.363 e. The average molecular weight is 241 g/mol. The molecule has 2 rings (SSSR count). The molecule has 2 aromatic rings. The first kappa shape index (κ1) is 8.52. The number of H-pyrrole nitrogens is 2. The van der Waals surface area contributed by atoms with Crippen LogP contribution in [0, 0.1) is 0 Å². The van der Waals surface area contributed by atoms with Crippen LogP contribution in [0.15, 0.2) is 29.1 Å². The number of rotatable bonds is 2. The van der Waals surface area contributed by atoms with Gasteiger partial charge in [-0.25, -0.2) is 4.98 Å². The van der Waals surface area contributed by atoms with Crippen molar-refractivity contribution in [1.82, 2.24) is 15.0 Å². The minimum absolute atomic E-state index is 0.221. The van der Waals surface area contributed by atoms with Gasteiger partial charge in [-0.3, -0.25) is 0 Å². The van der Waals surface area contributed by atoms with E-state index in [1.165, 1.54) is 0 Å². The van der Waals surface area contributed by atoms with E-state index in [9.17, 15) is 0 Å². The lowest BCUT2D eigenvalue weighted by Gasteiger charge is -2.05. The molecular formula is C8H9BrN4. The summed E-state index contributed by atoms with van der Waals surface area (Å²) < 4.78 is 0.838. The minimum atomic E-state index is -0.221. The van der Waals surface area contributed by atoms with Gasteiger partial charge in [0, 0.05) is 11.9 Å². The number of aromatic amines is 2. The van der Waals surface area contributed by atoms with E-state index in [-0.39, 0.29) is 6.04 Å².